The third-order valence-electron chi connectivity index (χ3n) is 3.59. The van der Waals surface area contributed by atoms with E-state index in [-0.39, 0.29) is 35.5 Å². The highest BCUT2D eigenvalue weighted by Gasteiger charge is 2.10. The average molecular weight is 512 g/mol. The number of benzene rings is 1. The van der Waals surface area contributed by atoms with Gasteiger partial charge in [0, 0.05) is 26.6 Å². The Balaban J connectivity index is 0.00000364. The Bertz CT molecular complexity index is 701. The fourth-order valence-corrected chi connectivity index (χ4v) is 2.33. The minimum absolute atomic E-state index is 0. The monoisotopic (exact) mass is 511 g/mol. The first-order valence-electron chi connectivity index (χ1n) is 8.26. The van der Waals surface area contributed by atoms with E-state index in [9.17, 15) is 9.50 Å². The predicted octanol–water partition coefficient (Wildman–Crippen LogP) is 3.15. The first-order valence-corrected chi connectivity index (χ1v) is 8.64. The Morgan fingerprint density at radius 2 is 2.11 bits per heavy atom. The van der Waals surface area contributed by atoms with Crippen LogP contribution in [0.1, 0.15) is 17.4 Å². The molecule has 0 aliphatic carbocycles. The highest BCUT2D eigenvalue weighted by atomic mass is 127. The molecule has 0 amide bonds. The molecule has 3 N–H and O–H groups in total. The number of halogens is 3. The predicted molar refractivity (Wildman–Crippen MR) is 114 cm³/mol. The van der Waals surface area contributed by atoms with Gasteiger partial charge < -0.3 is 24.9 Å². The molecule has 0 bridgehead atoms. The minimum atomic E-state index is -0.937. The Morgan fingerprint density at radius 1 is 1.33 bits per heavy atom. The van der Waals surface area contributed by atoms with Crippen molar-refractivity contribution in [1.82, 2.24) is 10.6 Å². The summed E-state index contributed by atoms with van der Waals surface area (Å²) in [5.74, 6) is 0.828. The number of hydrogen-bond acceptors (Lipinski definition) is 4. The molecule has 2 rings (SSSR count). The molecule has 1 unspecified atom stereocenters. The summed E-state index contributed by atoms with van der Waals surface area (Å²) in [6.45, 7) is 1.76. The molecule has 0 radical (unpaired) electrons. The first kappa shape index (κ1) is 23.7. The summed E-state index contributed by atoms with van der Waals surface area (Å²) in [6, 6.07) is 7.94. The summed E-state index contributed by atoms with van der Waals surface area (Å²) in [4.78, 5) is 4.35. The summed E-state index contributed by atoms with van der Waals surface area (Å²) in [5.41, 5.74) is 0.419. The van der Waals surface area contributed by atoms with E-state index >= 15 is 0 Å². The van der Waals surface area contributed by atoms with Gasteiger partial charge in [-0.3, -0.25) is 4.99 Å². The molecule has 1 atom stereocenters. The number of hydrogen-bond donors (Lipinski definition) is 3. The van der Waals surface area contributed by atoms with Gasteiger partial charge >= 0.3 is 0 Å². The summed E-state index contributed by atoms with van der Waals surface area (Å²) in [7, 11) is 1.61. The molecule has 0 saturated carbocycles. The number of rotatable bonds is 9. The van der Waals surface area contributed by atoms with Crippen molar-refractivity contribution in [3.8, 4) is 0 Å². The molecule has 0 fully saturated rings. The average Bonchev–Trinajstić information content (AvgIpc) is 3.15. The van der Waals surface area contributed by atoms with E-state index in [0.29, 0.717) is 37.6 Å². The second-order valence-electron chi connectivity index (χ2n) is 5.55. The van der Waals surface area contributed by atoms with Crippen molar-refractivity contribution in [2.24, 2.45) is 4.99 Å². The standard InChI is InChI=1S/C18H23ClFN3O3.HI/c1-25-10-8-22-18(21-7-6-14-3-2-9-26-14)23-12-17(24)13-4-5-15(19)16(20)11-13;/h2-5,9,11,17,24H,6-8,10,12H2,1H3,(H2,21,22,23);1H. The number of ether oxygens (including phenoxy) is 1. The molecular formula is C18H24ClFIN3O3. The molecule has 9 heteroatoms. The molecule has 0 aliphatic heterocycles. The van der Waals surface area contributed by atoms with Gasteiger partial charge in [0.05, 0.1) is 30.5 Å². The number of nitrogens with zero attached hydrogens (tertiary/aromatic N) is 1. The Labute approximate surface area is 180 Å². The van der Waals surface area contributed by atoms with Crippen molar-refractivity contribution in [1.29, 1.82) is 0 Å². The van der Waals surface area contributed by atoms with Gasteiger partial charge in [-0.1, -0.05) is 17.7 Å². The largest absolute Gasteiger partial charge is 0.469 e. The van der Waals surface area contributed by atoms with Gasteiger partial charge in [-0.05, 0) is 29.8 Å². The summed E-state index contributed by atoms with van der Waals surface area (Å²) >= 11 is 5.66. The quantitative estimate of drug-likeness (QED) is 0.209. The van der Waals surface area contributed by atoms with Gasteiger partial charge in [-0.15, -0.1) is 24.0 Å². The van der Waals surface area contributed by atoms with Crippen LogP contribution in [0.2, 0.25) is 5.02 Å². The van der Waals surface area contributed by atoms with Crippen molar-refractivity contribution < 1.29 is 18.7 Å². The maximum absolute atomic E-state index is 13.5. The molecule has 27 heavy (non-hydrogen) atoms. The van der Waals surface area contributed by atoms with Crippen LogP contribution in [0.25, 0.3) is 0 Å². The van der Waals surface area contributed by atoms with E-state index in [1.54, 1.807) is 19.4 Å². The molecule has 1 heterocycles. The van der Waals surface area contributed by atoms with Crippen molar-refractivity contribution in [3.63, 3.8) is 0 Å². The topological polar surface area (TPSA) is 79.0 Å². The molecule has 150 valence electrons. The fourth-order valence-electron chi connectivity index (χ4n) is 2.21. The van der Waals surface area contributed by atoms with Crippen LogP contribution < -0.4 is 10.6 Å². The van der Waals surface area contributed by atoms with E-state index in [2.05, 4.69) is 15.6 Å². The lowest BCUT2D eigenvalue weighted by molar-refractivity contribution is 0.186. The highest BCUT2D eigenvalue weighted by molar-refractivity contribution is 14.0. The van der Waals surface area contributed by atoms with Crippen molar-refractivity contribution in [3.05, 3.63) is 58.8 Å². The molecule has 0 saturated heterocycles. The summed E-state index contributed by atoms with van der Waals surface area (Å²) in [5, 5.41) is 16.5. The second-order valence-corrected chi connectivity index (χ2v) is 5.96. The van der Waals surface area contributed by atoms with E-state index < -0.39 is 11.9 Å². The van der Waals surface area contributed by atoms with Crippen LogP contribution in [0.15, 0.2) is 46.0 Å². The smallest absolute Gasteiger partial charge is 0.191 e. The van der Waals surface area contributed by atoms with Crippen LogP contribution in [0.3, 0.4) is 0 Å². The van der Waals surface area contributed by atoms with Crippen LogP contribution in [0.5, 0.6) is 0 Å². The van der Waals surface area contributed by atoms with Gasteiger partial charge in [-0.25, -0.2) is 4.39 Å². The highest BCUT2D eigenvalue weighted by Crippen LogP contribution is 2.20. The number of aliphatic hydroxyl groups excluding tert-OH is 1. The maximum atomic E-state index is 13.5. The number of furan rings is 1. The van der Waals surface area contributed by atoms with Gasteiger partial charge in [-0.2, -0.15) is 0 Å². The molecule has 0 aliphatic rings. The molecule has 1 aromatic carbocycles. The van der Waals surface area contributed by atoms with Crippen LogP contribution >= 0.6 is 35.6 Å². The van der Waals surface area contributed by atoms with Crippen LogP contribution in [0.4, 0.5) is 4.39 Å². The van der Waals surface area contributed by atoms with Crippen LogP contribution in [-0.4, -0.2) is 44.4 Å². The normalized spacial score (nSPS) is 12.4. The lowest BCUT2D eigenvalue weighted by Crippen LogP contribution is -2.40. The minimum Gasteiger partial charge on any atom is -0.469 e. The second kappa shape index (κ2) is 12.9. The SMILES string of the molecule is COCCNC(=NCC(O)c1ccc(Cl)c(F)c1)NCCc1ccco1.I. The lowest BCUT2D eigenvalue weighted by atomic mass is 10.1. The van der Waals surface area contributed by atoms with Crippen molar-refractivity contribution in [2.75, 3.05) is 33.4 Å². The molecule has 6 nitrogen and oxygen atoms in total. The first-order chi connectivity index (χ1) is 12.6. The number of guanidine groups is 1. The zero-order valence-electron chi connectivity index (χ0n) is 15.0. The molecule has 0 spiro atoms. The Morgan fingerprint density at radius 3 is 2.78 bits per heavy atom. The molecule has 1 aromatic heterocycles. The molecule has 2 aromatic rings. The number of methoxy groups -OCH3 is 1. The summed E-state index contributed by atoms with van der Waals surface area (Å²) in [6.07, 6.45) is 1.39. The van der Waals surface area contributed by atoms with E-state index in [1.807, 2.05) is 12.1 Å². The number of aliphatic hydroxyl groups is 1. The third kappa shape index (κ3) is 8.46. The van der Waals surface area contributed by atoms with Crippen molar-refractivity contribution in [2.45, 2.75) is 12.5 Å². The van der Waals surface area contributed by atoms with Crippen molar-refractivity contribution >= 4 is 41.5 Å². The van der Waals surface area contributed by atoms with Gasteiger partial charge in [0.15, 0.2) is 5.96 Å². The van der Waals surface area contributed by atoms with Crippen LogP contribution in [0, 0.1) is 5.82 Å². The number of nitrogens with one attached hydrogen (secondary N) is 2. The summed E-state index contributed by atoms with van der Waals surface area (Å²) < 4.78 is 23.8. The lowest BCUT2D eigenvalue weighted by Gasteiger charge is -2.14. The Hall–Kier alpha value is -1.36. The fraction of sp³-hybridized carbons (Fsp3) is 0.389. The van der Waals surface area contributed by atoms with E-state index in [1.165, 1.54) is 12.1 Å². The van der Waals surface area contributed by atoms with E-state index in [4.69, 9.17) is 20.8 Å². The number of aliphatic imine (C=N–C) groups is 1. The zero-order valence-corrected chi connectivity index (χ0v) is 18.0. The molecular weight excluding hydrogens is 488 g/mol. The maximum Gasteiger partial charge on any atom is 0.191 e. The van der Waals surface area contributed by atoms with E-state index in [0.717, 1.165) is 5.76 Å². The third-order valence-corrected chi connectivity index (χ3v) is 3.90. The Kier molecular flexibility index (Phi) is 11.3. The van der Waals surface area contributed by atoms with Gasteiger partial charge in [0.25, 0.3) is 0 Å². The van der Waals surface area contributed by atoms with Gasteiger partial charge in [0.1, 0.15) is 11.6 Å². The van der Waals surface area contributed by atoms with Crippen LogP contribution in [-0.2, 0) is 11.2 Å². The van der Waals surface area contributed by atoms with Gasteiger partial charge in [0.2, 0.25) is 0 Å². The zero-order chi connectivity index (χ0) is 18.8.